The molecule has 1 aromatic heterocycles. The van der Waals surface area contributed by atoms with E-state index in [1.54, 1.807) is 0 Å². The molecule has 22 heavy (non-hydrogen) atoms. The number of hydrogen-bond donors (Lipinski definition) is 0. The molecular formula is C18H23N3O. The number of rotatable bonds is 1. The Morgan fingerprint density at radius 1 is 1.27 bits per heavy atom. The number of ether oxygens (including phenoxy) is 1. The predicted octanol–water partition coefficient (Wildman–Crippen LogP) is 3.28. The van der Waals surface area contributed by atoms with E-state index in [-0.39, 0.29) is 5.60 Å². The average molecular weight is 297 g/mol. The minimum Gasteiger partial charge on any atom is -0.370 e. The fourth-order valence-electron chi connectivity index (χ4n) is 3.55. The van der Waals surface area contributed by atoms with Gasteiger partial charge in [-0.05, 0) is 51.7 Å². The Bertz CT molecular complexity index is 649. The first kappa shape index (κ1) is 15.1. The van der Waals surface area contributed by atoms with Gasteiger partial charge in [0.2, 0.25) is 0 Å². The molecule has 0 aliphatic carbocycles. The zero-order valence-electron chi connectivity index (χ0n) is 13.6. The van der Waals surface area contributed by atoms with Crippen LogP contribution in [0.1, 0.15) is 43.0 Å². The summed E-state index contributed by atoms with van der Waals surface area (Å²) in [5.74, 6) is 0.839. The van der Waals surface area contributed by atoms with Gasteiger partial charge in [-0.25, -0.2) is 4.98 Å². The summed E-state index contributed by atoms with van der Waals surface area (Å²) in [5, 5.41) is 9.45. The monoisotopic (exact) mass is 297 g/mol. The lowest BCUT2D eigenvalue weighted by Gasteiger charge is -2.42. The van der Waals surface area contributed by atoms with Crippen LogP contribution in [0.15, 0.2) is 17.7 Å². The van der Waals surface area contributed by atoms with Crippen LogP contribution in [-0.2, 0) is 4.74 Å². The molecule has 0 atom stereocenters. The van der Waals surface area contributed by atoms with Gasteiger partial charge in [-0.1, -0.05) is 11.6 Å². The van der Waals surface area contributed by atoms with Crippen molar-refractivity contribution in [1.29, 1.82) is 5.26 Å². The maximum absolute atomic E-state index is 9.45. The molecule has 0 saturated carbocycles. The third kappa shape index (κ3) is 2.74. The summed E-state index contributed by atoms with van der Waals surface area (Å²) in [4.78, 5) is 6.87. The molecule has 3 heterocycles. The van der Waals surface area contributed by atoms with Crippen LogP contribution in [0.4, 0.5) is 5.82 Å². The van der Waals surface area contributed by atoms with Crippen molar-refractivity contribution in [2.24, 2.45) is 0 Å². The van der Waals surface area contributed by atoms with Gasteiger partial charge in [-0.3, -0.25) is 0 Å². The normalized spacial score (nSPS) is 20.6. The zero-order valence-corrected chi connectivity index (χ0v) is 13.6. The highest BCUT2D eigenvalue weighted by Gasteiger charge is 2.36. The van der Waals surface area contributed by atoms with E-state index in [4.69, 9.17) is 4.74 Å². The third-order valence-corrected chi connectivity index (χ3v) is 4.74. The van der Waals surface area contributed by atoms with E-state index < -0.39 is 0 Å². The van der Waals surface area contributed by atoms with Crippen LogP contribution in [0.2, 0.25) is 0 Å². The van der Waals surface area contributed by atoms with Crippen LogP contribution in [-0.4, -0.2) is 30.3 Å². The van der Waals surface area contributed by atoms with E-state index in [1.807, 2.05) is 19.9 Å². The van der Waals surface area contributed by atoms with Crippen LogP contribution in [0.3, 0.4) is 0 Å². The SMILES string of the molecule is CC1=CC2(CCN(c3nc(C)cc(C)c3C#N)CC2)OCC1. The lowest BCUT2D eigenvalue weighted by atomic mass is 9.87. The molecule has 1 fully saturated rings. The second kappa shape index (κ2) is 5.73. The van der Waals surface area contributed by atoms with Gasteiger partial charge in [0.15, 0.2) is 0 Å². The number of piperidine rings is 1. The molecule has 1 spiro atoms. The molecule has 2 aliphatic heterocycles. The highest BCUT2D eigenvalue weighted by Crippen LogP contribution is 2.35. The summed E-state index contributed by atoms with van der Waals surface area (Å²) in [7, 11) is 0. The summed E-state index contributed by atoms with van der Waals surface area (Å²) in [5.41, 5.74) is 4.02. The van der Waals surface area contributed by atoms with Gasteiger partial charge in [-0.2, -0.15) is 5.26 Å². The fraction of sp³-hybridized carbons (Fsp3) is 0.556. The van der Waals surface area contributed by atoms with Gasteiger partial charge < -0.3 is 9.64 Å². The van der Waals surface area contributed by atoms with Crippen molar-refractivity contribution in [2.45, 2.75) is 45.6 Å². The second-order valence-electron chi connectivity index (χ2n) is 6.53. The zero-order chi connectivity index (χ0) is 15.7. The molecule has 3 rings (SSSR count). The largest absolute Gasteiger partial charge is 0.370 e. The van der Waals surface area contributed by atoms with Crippen molar-refractivity contribution < 1.29 is 4.74 Å². The summed E-state index contributed by atoms with van der Waals surface area (Å²) < 4.78 is 6.08. The van der Waals surface area contributed by atoms with E-state index in [9.17, 15) is 5.26 Å². The maximum Gasteiger partial charge on any atom is 0.147 e. The smallest absolute Gasteiger partial charge is 0.147 e. The Labute approximate surface area is 132 Å². The molecule has 0 aromatic carbocycles. The minimum atomic E-state index is -0.0927. The molecular weight excluding hydrogens is 274 g/mol. The van der Waals surface area contributed by atoms with Gasteiger partial charge in [0.25, 0.3) is 0 Å². The quantitative estimate of drug-likeness (QED) is 0.746. The number of pyridine rings is 1. The van der Waals surface area contributed by atoms with Crippen molar-refractivity contribution in [3.63, 3.8) is 0 Å². The standard InChI is InChI=1S/C18H23N3O/c1-13-4-9-22-18(11-13)5-7-21(8-6-18)17-16(12-19)14(2)10-15(3)20-17/h10-11H,4-9H2,1-3H3. The molecule has 0 N–H and O–H groups in total. The van der Waals surface area contributed by atoms with Crippen molar-refractivity contribution in [3.8, 4) is 6.07 Å². The van der Waals surface area contributed by atoms with Crippen LogP contribution in [0.5, 0.6) is 0 Å². The lowest BCUT2D eigenvalue weighted by molar-refractivity contribution is -0.0326. The average Bonchev–Trinajstić information content (AvgIpc) is 2.47. The molecule has 0 unspecified atom stereocenters. The summed E-state index contributed by atoms with van der Waals surface area (Å²) >= 11 is 0. The molecule has 116 valence electrons. The number of anilines is 1. The van der Waals surface area contributed by atoms with Crippen LogP contribution < -0.4 is 4.90 Å². The predicted molar refractivity (Wildman–Crippen MR) is 86.9 cm³/mol. The Morgan fingerprint density at radius 2 is 2.00 bits per heavy atom. The second-order valence-corrected chi connectivity index (χ2v) is 6.53. The first-order valence-corrected chi connectivity index (χ1v) is 7.99. The molecule has 4 nitrogen and oxygen atoms in total. The first-order valence-electron chi connectivity index (χ1n) is 7.99. The summed E-state index contributed by atoms with van der Waals surface area (Å²) in [6.45, 7) is 8.75. The van der Waals surface area contributed by atoms with Crippen LogP contribution in [0, 0.1) is 25.2 Å². The van der Waals surface area contributed by atoms with Crippen molar-refractivity contribution in [3.05, 3.63) is 34.5 Å². The van der Waals surface area contributed by atoms with Gasteiger partial charge in [0, 0.05) is 18.8 Å². The number of aryl methyl sites for hydroxylation is 2. The molecule has 0 bridgehead atoms. The van der Waals surface area contributed by atoms with Gasteiger partial charge in [0.1, 0.15) is 11.9 Å². The molecule has 2 aliphatic rings. The number of nitrogens with zero attached hydrogens (tertiary/aromatic N) is 3. The number of hydrogen-bond acceptors (Lipinski definition) is 4. The van der Waals surface area contributed by atoms with Gasteiger partial charge in [-0.15, -0.1) is 0 Å². The van der Waals surface area contributed by atoms with Crippen LogP contribution in [0.25, 0.3) is 0 Å². The third-order valence-electron chi connectivity index (χ3n) is 4.74. The molecule has 4 heteroatoms. The maximum atomic E-state index is 9.45. The molecule has 0 radical (unpaired) electrons. The van der Waals surface area contributed by atoms with Crippen molar-refractivity contribution in [1.82, 2.24) is 4.98 Å². The Balaban J connectivity index is 1.83. The van der Waals surface area contributed by atoms with Crippen LogP contribution >= 0.6 is 0 Å². The number of aromatic nitrogens is 1. The summed E-state index contributed by atoms with van der Waals surface area (Å²) in [6, 6.07) is 4.30. The molecule has 0 amide bonds. The van der Waals surface area contributed by atoms with E-state index >= 15 is 0 Å². The van der Waals surface area contributed by atoms with E-state index in [0.29, 0.717) is 5.56 Å². The Kier molecular flexibility index (Phi) is 3.92. The van der Waals surface area contributed by atoms with Crippen molar-refractivity contribution in [2.75, 3.05) is 24.6 Å². The fourth-order valence-corrected chi connectivity index (χ4v) is 3.55. The Hall–Kier alpha value is -1.86. The van der Waals surface area contributed by atoms with Gasteiger partial charge >= 0.3 is 0 Å². The molecule has 1 aromatic rings. The highest BCUT2D eigenvalue weighted by atomic mass is 16.5. The molecule has 1 saturated heterocycles. The highest BCUT2D eigenvalue weighted by molar-refractivity contribution is 5.58. The minimum absolute atomic E-state index is 0.0927. The van der Waals surface area contributed by atoms with Crippen molar-refractivity contribution >= 4 is 5.82 Å². The van der Waals surface area contributed by atoms with Gasteiger partial charge in [0.05, 0.1) is 17.8 Å². The van der Waals surface area contributed by atoms with E-state index in [2.05, 4.69) is 29.0 Å². The summed E-state index contributed by atoms with van der Waals surface area (Å²) in [6.07, 6.45) is 5.28. The number of nitriles is 1. The first-order chi connectivity index (χ1) is 10.5. The topological polar surface area (TPSA) is 49.2 Å². The lowest BCUT2D eigenvalue weighted by Crippen LogP contribution is -2.47. The Morgan fingerprint density at radius 3 is 2.64 bits per heavy atom. The van der Waals surface area contributed by atoms with E-state index in [0.717, 1.165) is 56.0 Å². The van der Waals surface area contributed by atoms with E-state index in [1.165, 1.54) is 5.57 Å².